The smallest absolute Gasteiger partial charge is 0.125 e. The molecular weight excluding hydrogens is 400 g/mol. The van der Waals surface area contributed by atoms with Gasteiger partial charge in [-0.25, -0.2) is 0 Å². The summed E-state index contributed by atoms with van der Waals surface area (Å²) in [6.07, 6.45) is 3.39. The van der Waals surface area contributed by atoms with Gasteiger partial charge in [-0.05, 0) is 48.5 Å². The van der Waals surface area contributed by atoms with E-state index < -0.39 is 0 Å². The van der Waals surface area contributed by atoms with Gasteiger partial charge >= 0.3 is 0 Å². The van der Waals surface area contributed by atoms with Crippen LogP contribution in [0, 0.1) is 0 Å². The number of hydrogen-bond donors (Lipinski definition) is 2. The Hall–Kier alpha value is -4.32. The summed E-state index contributed by atoms with van der Waals surface area (Å²) in [7, 11) is 0. The van der Waals surface area contributed by atoms with Crippen LogP contribution in [0.3, 0.4) is 0 Å². The lowest BCUT2D eigenvalue weighted by atomic mass is 10.1. The van der Waals surface area contributed by atoms with Crippen molar-refractivity contribution in [2.75, 3.05) is 13.1 Å². The minimum atomic E-state index is 0.142. The molecule has 0 unspecified atom stereocenters. The number of aliphatic imine (C=N–C) groups is 2. The number of benzene rings is 2. The topological polar surface area (TPSA) is 91.0 Å². The summed E-state index contributed by atoms with van der Waals surface area (Å²) >= 11 is 0. The van der Waals surface area contributed by atoms with Crippen LogP contribution in [0.1, 0.15) is 22.5 Å². The largest absolute Gasteiger partial charge is 0.507 e. The van der Waals surface area contributed by atoms with E-state index in [9.17, 15) is 10.2 Å². The van der Waals surface area contributed by atoms with Crippen LogP contribution in [0.2, 0.25) is 0 Å². The molecule has 32 heavy (non-hydrogen) atoms. The molecule has 2 heterocycles. The molecule has 0 radical (unpaired) electrons. The highest BCUT2D eigenvalue weighted by Gasteiger charge is 2.13. The Kier molecular flexibility index (Phi) is 6.63. The predicted octanol–water partition coefficient (Wildman–Crippen LogP) is 4.26. The summed E-state index contributed by atoms with van der Waals surface area (Å²) in [5.41, 5.74) is 3.76. The molecule has 2 aromatic carbocycles. The molecule has 0 aliphatic rings. The average Bonchev–Trinajstić information content (AvgIpc) is 2.84. The molecule has 0 atom stereocenters. The van der Waals surface area contributed by atoms with Crippen LogP contribution in [0.5, 0.6) is 11.5 Å². The first-order valence-corrected chi connectivity index (χ1v) is 10.2. The molecule has 2 aromatic heterocycles. The highest BCUT2D eigenvalue weighted by Crippen LogP contribution is 2.21. The number of aromatic nitrogens is 2. The third kappa shape index (κ3) is 4.87. The third-order valence-corrected chi connectivity index (χ3v) is 4.77. The van der Waals surface area contributed by atoms with E-state index in [4.69, 9.17) is 9.98 Å². The molecule has 2 N–H and O–H groups in total. The van der Waals surface area contributed by atoms with Crippen molar-refractivity contribution in [2.24, 2.45) is 9.98 Å². The quantitative estimate of drug-likeness (QED) is 0.344. The van der Waals surface area contributed by atoms with E-state index in [1.165, 1.54) is 0 Å². The molecule has 0 aliphatic carbocycles. The van der Waals surface area contributed by atoms with Gasteiger partial charge in [-0.15, -0.1) is 0 Å². The lowest BCUT2D eigenvalue weighted by Gasteiger charge is -2.10. The number of para-hydroxylation sites is 2. The zero-order chi connectivity index (χ0) is 22.2. The monoisotopic (exact) mass is 422 g/mol. The summed E-state index contributed by atoms with van der Waals surface area (Å²) in [6.45, 7) is 0.730. The first kappa shape index (κ1) is 20.9. The minimum Gasteiger partial charge on any atom is -0.507 e. The maximum atomic E-state index is 10.3. The highest BCUT2D eigenvalue weighted by molar-refractivity contribution is 6.14. The number of nitrogens with zero attached hydrogens (tertiary/aromatic N) is 4. The summed E-state index contributed by atoms with van der Waals surface area (Å²) in [6, 6.07) is 25.3. The van der Waals surface area contributed by atoms with E-state index in [1.807, 2.05) is 60.7 Å². The number of phenols is 2. The van der Waals surface area contributed by atoms with E-state index in [1.54, 1.807) is 36.7 Å². The molecular formula is C26H22N4O2. The molecule has 0 spiro atoms. The van der Waals surface area contributed by atoms with Gasteiger partial charge in [0, 0.05) is 23.5 Å². The minimum absolute atomic E-state index is 0.142. The molecule has 158 valence electrons. The van der Waals surface area contributed by atoms with Gasteiger partial charge in [0.2, 0.25) is 0 Å². The van der Waals surface area contributed by atoms with Crippen LogP contribution in [0.15, 0.2) is 107 Å². The van der Waals surface area contributed by atoms with Gasteiger partial charge in [0.05, 0.1) is 35.9 Å². The summed E-state index contributed by atoms with van der Waals surface area (Å²) in [5, 5.41) is 20.7. The normalized spacial score (nSPS) is 12.0. The standard InChI is InChI=1S/C26H22N4O2/c31-23-13-3-1-9-19(23)25(21-11-5-7-15-27-21)29-17-18-30-26(22-12-6-8-16-28-22)20-10-2-4-14-24(20)32/h1-16,31-32H,17-18H2/b29-25-,30-26-. The molecule has 0 saturated heterocycles. The predicted molar refractivity (Wildman–Crippen MR) is 126 cm³/mol. The Balaban J connectivity index is 1.66. The zero-order valence-corrected chi connectivity index (χ0v) is 17.3. The lowest BCUT2D eigenvalue weighted by Crippen LogP contribution is -2.10. The Morgan fingerprint density at radius 3 is 1.34 bits per heavy atom. The molecule has 0 fully saturated rings. The zero-order valence-electron chi connectivity index (χ0n) is 17.3. The van der Waals surface area contributed by atoms with Crippen molar-refractivity contribution >= 4 is 11.4 Å². The second-order valence-electron chi connectivity index (χ2n) is 6.92. The van der Waals surface area contributed by atoms with Gasteiger partial charge in [-0.3, -0.25) is 20.0 Å². The Morgan fingerprint density at radius 2 is 0.969 bits per heavy atom. The van der Waals surface area contributed by atoms with Crippen LogP contribution < -0.4 is 0 Å². The Labute approximate surface area is 186 Å². The van der Waals surface area contributed by atoms with Crippen LogP contribution >= 0.6 is 0 Å². The molecule has 6 nitrogen and oxygen atoms in total. The molecule has 0 aliphatic heterocycles. The van der Waals surface area contributed by atoms with E-state index >= 15 is 0 Å². The van der Waals surface area contributed by atoms with Crippen LogP contribution in [0.25, 0.3) is 0 Å². The van der Waals surface area contributed by atoms with E-state index in [0.29, 0.717) is 47.0 Å². The van der Waals surface area contributed by atoms with Crippen molar-refractivity contribution in [3.8, 4) is 11.5 Å². The second kappa shape index (κ2) is 10.1. The van der Waals surface area contributed by atoms with Crippen molar-refractivity contribution in [1.29, 1.82) is 0 Å². The lowest BCUT2D eigenvalue weighted by molar-refractivity contribution is 0.473. The number of hydrogen-bond acceptors (Lipinski definition) is 6. The number of aromatic hydroxyl groups is 2. The molecule has 4 rings (SSSR count). The first-order chi connectivity index (χ1) is 15.7. The summed E-state index contributed by atoms with van der Waals surface area (Å²) in [5.74, 6) is 0.285. The number of rotatable bonds is 7. The summed E-state index contributed by atoms with van der Waals surface area (Å²) in [4.78, 5) is 18.2. The Morgan fingerprint density at radius 1 is 0.562 bits per heavy atom. The maximum Gasteiger partial charge on any atom is 0.125 e. The van der Waals surface area contributed by atoms with Gasteiger partial charge in [-0.1, -0.05) is 36.4 Å². The first-order valence-electron chi connectivity index (χ1n) is 10.2. The average molecular weight is 422 g/mol. The fourth-order valence-corrected chi connectivity index (χ4v) is 3.29. The van der Waals surface area contributed by atoms with Crippen LogP contribution in [-0.4, -0.2) is 44.7 Å². The van der Waals surface area contributed by atoms with Crippen molar-refractivity contribution in [3.63, 3.8) is 0 Å². The molecule has 4 aromatic rings. The van der Waals surface area contributed by atoms with Crippen molar-refractivity contribution < 1.29 is 10.2 Å². The van der Waals surface area contributed by atoms with Gasteiger partial charge in [0.25, 0.3) is 0 Å². The molecule has 0 amide bonds. The van der Waals surface area contributed by atoms with Gasteiger partial charge in [0.15, 0.2) is 0 Å². The molecule has 0 bridgehead atoms. The SMILES string of the molecule is Oc1ccccc1/C(=N/CC/N=C(\c1ccccn1)c1ccccc1O)c1ccccn1. The maximum absolute atomic E-state index is 10.3. The highest BCUT2D eigenvalue weighted by atomic mass is 16.3. The third-order valence-electron chi connectivity index (χ3n) is 4.77. The fraction of sp³-hybridized carbons (Fsp3) is 0.0769. The van der Waals surface area contributed by atoms with Crippen LogP contribution in [0.4, 0.5) is 0 Å². The van der Waals surface area contributed by atoms with Gasteiger partial charge < -0.3 is 10.2 Å². The van der Waals surface area contributed by atoms with E-state index in [-0.39, 0.29) is 11.5 Å². The molecule has 0 saturated carbocycles. The van der Waals surface area contributed by atoms with E-state index in [2.05, 4.69) is 9.97 Å². The summed E-state index contributed by atoms with van der Waals surface area (Å²) < 4.78 is 0. The van der Waals surface area contributed by atoms with Gasteiger partial charge in [0.1, 0.15) is 11.5 Å². The van der Waals surface area contributed by atoms with Crippen LogP contribution in [-0.2, 0) is 0 Å². The van der Waals surface area contributed by atoms with E-state index in [0.717, 1.165) is 0 Å². The van der Waals surface area contributed by atoms with Crippen molar-refractivity contribution in [2.45, 2.75) is 0 Å². The number of phenolic OH excluding ortho intramolecular Hbond substituents is 2. The molecule has 6 heteroatoms. The van der Waals surface area contributed by atoms with Crippen molar-refractivity contribution in [1.82, 2.24) is 9.97 Å². The number of pyridine rings is 2. The second-order valence-corrected chi connectivity index (χ2v) is 6.92. The fourth-order valence-electron chi connectivity index (χ4n) is 3.29. The Bertz CT molecular complexity index is 1140. The van der Waals surface area contributed by atoms with Gasteiger partial charge in [-0.2, -0.15) is 0 Å². The van der Waals surface area contributed by atoms with Crippen molar-refractivity contribution in [3.05, 3.63) is 120 Å².